The third-order valence-electron chi connectivity index (χ3n) is 2.53. The van der Waals surface area contributed by atoms with E-state index in [0.717, 1.165) is 5.69 Å². The first-order valence-electron chi connectivity index (χ1n) is 5.85. The molecule has 0 aliphatic rings. The molecule has 0 bridgehead atoms. The Bertz CT molecular complexity index is 613. The Balaban J connectivity index is 2.07. The standard InChI is InChI=1S/C13H15N3O3S/c1-8-6-12(16-19-8)15-13(20)14-10-5-4-9(17-2)7-11(10)18-3/h4-7H,1-3H3,(H2,14,15,16,20). The number of hydrogen-bond acceptors (Lipinski definition) is 5. The van der Waals surface area contributed by atoms with Crippen LogP contribution in [0.15, 0.2) is 28.8 Å². The second kappa shape index (κ2) is 6.25. The summed E-state index contributed by atoms with van der Waals surface area (Å²) in [5.74, 6) is 2.59. The van der Waals surface area contributed by atoms with Crippen LogP contribution in [0.5, 0.6) is 11.5 Å². The summed E-state index contributed by atoms with van der Waals surface area (Å²) in [6.07, 6.45) is 0. The zero-order valence-corrected chi connectivity index (χ0v) is 12.2. The van der Waals surface area contributed by atoms with E-state index in [4.69, 9.17) is 26.2 Å². The molecule has 106 valence electrons. The molecule has 2 N–H and O–H groups in total. The van der Waals surface area contributed by atoms with Crippen LogP contribution in [0.2, 0.25) is 0 Å². The van der Waals surface area contributed by atoms with Gasteiger partial charge in [-0.1, -0.05) is 5.16 Å². The number of aromatic nitrogens is 1. The number of thiocarbonyl (C=S) groups is 1. The molecule has 1 aromatic heterocycles. The molecular formula is C13H15N3O3S. The first-order chi connectivity index (χ1) is 9.62. The molecule has 0 saturated heterocycles. The van der Waals surface area contributed by atoms with Gasteiger partial charge in [-0.3, -0.25) is 0 Å². The lowest BCUT2D eigenvalue weighted by Crippen LogP contribution is -2.19. The van der Waals surface area contributed by atoms with Gasteiger partial charge in [0, 0.05) is 12.1 Å². The van der Waals surface area contributed by atoms with E-state index in [0.29, 0.717) is 28.2 Å². The lowest BCUT2D eigenvalue weighted by molar-refractivity contribution is 0.395. The predicted octanol–water partition coefficient (Wildman–Crippen LogP) is 2.81. The lowest BCUT2D eigenvalue weighted by Gasteiger charge is -2.13. The Kier molecular flexibility index (Phi) is 4.41. The summed E-state index contributed by atoms with van der Waals surface area (Å²) in [5.41, 5.74) is 0.728. The van der Waals surface area contributed by atoms with Gasteiger partial charge in [-0.05, 0) is 31.3 Å². The van der Waals surface area contributed by atoms with Gasteiger partial charge in [-0.15, -0.1) is 0 Å². The average Bonchev–Trinajstić information content (AvgIpc) is 2.84. The van der Waals surface area contributed by atoms with Crippen molar-refractivity contribution in [2.24, 2.45) is 0 Å². The highest BCUT2D eigenvalue weighted by Gasteiger charge is 2.08. The van der Waals surface area contributed by atoms with E-state index in [1.54, 1.807) is 33.3 Å². The molecule has 0 amide bonds. The van der Waals surface area contributed by atoms with Gasteiger partial charge >= 0.3 is 0 Å². The maximum absolute atomic E-state index is 5.28. The number of benzene rings is 1. The van der Waals surface area contributed by atoms with Crippen molar-refractivity contribution < 1.29 is 14.0 Å². The summed E-state index contributed by atoms with van der Waals surface area (Å²) in [4.78, 5) is 0. The second-order valence-electron chi connectivity index (χ2n) is 3.97. The third kappa shape index (κ3) is 3.39. The summed E-state index contributed by atoms with van der Waals surface area (Å²) < 4.78 is 15.4. The number of ether oxygens (including phenoxy) is 2. The number of methoxy groups -OCH3 is 2. The lowest BCUT2D eigenvalue weighted by atomic mass is 10.2. The molecule has 0 fully saturated rings. The molecule has 6 nitrogen and oxygen atoms in total. The average molecular weight is 293 g/mol. The van der Waals surface area contributed by atoms with Crippen LogP contribution < -0.4 is 20.1 Å². The molecular weight excluding hydrogens is 278 g/mol. The van der Waals surface area contributed by atoms with Crippen LogP contribution in [-0.2, 0) is 0 Å². The zero-order valence-electron chi connectivity index (χ0n) is 11.4. The number of hydrogen-bond donors (Lipinski definition) is 2. The van der Waals surface area contributed by atoms with Crippen molar-refractivity contribution in [1.82, 2.24) is 5.16 Å². The Labute approximate surface area is 122 Å². The normalized spacial score (nSPS) is 9.95. The Hall–Kier alpha value is -2.28. The maximum Gasteiger partial charge on any atom is 0.176 e. The van der Waals surface area contributed by atoms with Crippen molar-refractivity contribution in [3.63, 3.8) is 0 Å². The van der Waals surface area contributed by atoms with Crippen molar-refractivity contribution >= 4 is 28.8 Å². The van der Waals surface area contributed by atoms with Crippen LogP contribution in [0.3, 0.4) is 0 Å². The summed E-state index contributed by atoms with van der Waals surface area (Å²) >= 11 is 5.21. The van der Waals surface area contributed by atoms with E-state index < -0.39 is 0 Å². The van der Waals surface area contributed by atoms with Crippen LogP contribution >= 0.6 is 12.2 Å². The minimum Gasteiger partial charge on any atom is -0.497 e. The molecule has 2 aromatic rings. The minimum absolute atomic E-state index is 0.391. The number of anilines is 2. The molecule has 0 saturated carbocycles. The highest BCUT2D eigenvalue weighted by atomic mass is 32.1. The Morgan fingerprint density at radius 1 is 1.20 bits per heavy atom. The molecule has 7 heteroatoms. The van der Waals surface area contributed by atoms with Gasteiger partial charge in [0.25, 0.3) is 0 Å². The van der Waals surface area contributed by atoms with E-state index in [-0.39, 0.29) is 0 Å². The molecule has 1 heterocycles. The largest absolute Gasteiger partial charge is 0.497 e. The fourth-order valence-corrected chi connectivity index (χ4v) is 1.81. The molecule has 0 spiro atoms. The fourth-order valence-electron chi connectivity index (χ4n) is 1.60. The van der Waals surface area contributed by atoms with E-state index in [2.05, 4.69) is 15.8 Å². The molecule has 0 radical (unpaired) electrons. The molecule has 1 aromatic carbocycles. The predicted molar refractivity (Wildman–Crippen MR) is 80.6 cm³/mol. The monoisotopic (exact) mass is 293 g/mol. The van der Waals surface area contributed by atoms with Crippen molar-refractivity contribution in [2.75, 3.05) is 24.9 Å². The molecule has 0 aliphatic heterocycles. The fraction of sp³-hybridized carbons (Fsp3) is 0.231. The topological polar surface area (TPSA) is 68.5 Å². The molecule has 0 unspecified atom stereocenters. The first-order valence-corrected chi connectivity index (χ1v) is 6.26. The molecule has 20 heavy (non-hydrogen) atoms. The molecule has 0 aliphatic carbocycles. The zero-order chi connectivity index (χ0) is 14.5. The van der Waals surface area contributed by atoms with Crippen LogP contribution in [0.4, 0.5) is 11.5 Å². The van der Waals surface area contributed by atoms with Gasteiger partial charge in [0.15, 0.2) is 10.9 Å². The SMILES string of the molecule is COc1ccc(NC(=S)Nc2cc(C)on2)c(OC)c1. The summed E-state index contributed by atoms with van der Waals surface area (Å²) in [5, 5.41) is 10.1. The van der Waals surface area contributed by atoms with Crippen molar-refractivity contribution in [3.05, 3.63) is 30.0 Å². The number of nitrogens with one attached hydrogen (secondary N) is 2. The van der Waals surface area contributed by atoms with Crippen LogP contribution in [0.25, 0.3) is 0 Å². The minimum atomic E-state index is 0.391. The Morgan fingerprint density at radius 3 is 2.60 bits per heavy atom. The van der Waals surface area contributed by atoms with Crippen molar-refractivity contribution in [1.29, 1.82) is 0 Å². The van der Waals surface area contributed by atoms with Gasteiger partial charge < -0.3 is 24.6 Å². The van der Waals surface area contributed by atoms with Gasteiger partial charge in [-0.25, -0.2) is 0 Å². The Morgan fingerprint density at radius 2 is 2.00 bits per heavy atom. The van der Waals surface area contributed by atoms with Crippen molar-refractivity contribution in [2.45, 2.75) is 6.92 Å². The second-order valence-corrected chi connectivity index (χ2v) is 4.38. The highest BCUT2D eigenvalue weighted by Crippen LogP contribution is 2.29. The first kappa shape index (κ1) is 14.1. The summed E-state index contributed by atoms with van der Waals surface area (Å²) in [6, 6.07) is 7.15. The van der Waals surface area contributed by atoms with Gasteiger partial charge in [0.1, 0.15) is 17.3 Å². The van der Waals surface area contributed by atoms with Gasteiger partial charge in [-0.2, -0.15) is 0 Å². The van der Waals surface area contributed by atoms with Crippen LogP contribution in [0.1, 0.15) is 5.76 Å². The van der Waals surface area contributed by atoms with Gasteiger partial charge in [0.05, 0.1) is 19.9 Å². The van der Waals surface area contributed by atoms with E-state index in [1.165, 1.54) is 0 Å². The van der Waals surface area contributed by atoms with Gasteiger partial charge in [0.2, 0.25) is 0 Å². The van der Waals surface area contributed by atoms with Crippen molar-refractivity contribution in [3.8, 4) is 11.5 Å². The highest BCUT2D eigenvalue weighted by molar-refractivity contribution is 7.80. The van der Waals surface area contributed by atoms with Crippen LogP contribution in [-0.4, -0.2) is 24.5 Å². The smallest absolute Gasteiger partial charge is 0.176 e. The van der Waals surface area contributed by atoms with E-state index in [1.807, 2.05) is 12.1 Å². The van der Waals surface area contributed by atoms with E-state index in [9.17, 15) is 0 Å². The summed E-state index contributed by atoms with van der Waals surface area (Å²) in [7, 11) is 3.18. The maximum atomic E-state index is 5.28. The summed E-state index contributed by atoms with van der Waals surface area (Å²) in [6.45, 7) is 1.81. The number of aryl methyl sites for hydroxylation is 1. The molecule has 0 atom stereocenters. The number of nitrogens with zero attached hydrogens (tertiary/aromatic N) is 1. The molecule has 2 rings (SSSR count). The number of rotatable bonds is 4. The quantitative estimate of drug-likeness (QED) is 0.840. The van der Waals surface area contributed by atoms with Crippen LogP contribution in [0, 0.1) is 6.92 Å². The van der Waals surface area contributed by atoms with E-state index >= 15 is 0 Å². The third-order valence-corrected chi connectivity index (χ3v) is 2.73.